The van der Waals surface area contributed by atoms with E-state index >= 15 is 8.78 Å². The van der Waals surface area contributed by atoms with Crippen LogP contribution < -0.4 is 10.2 Å². The number of alkyl halides is 2. The molecule has 0 unspecified atom stereocenters. The van der Waals surface area contributed by atoms with Gasteiger partial charge in [0.25, 0.3) is 5.92 Å². The van der Waals surface area contributed by atoms with E-state index in [1.54, 1.807) is 31.6 Å². The maximum Gasteiger partial charge on any atom is 0.283 e. The van der Waals surface area contributed by atoms with Crippen molar-refractivity contribution in [2.75, 3.05) is 11.9 Å². The average Bonchev–Trinajstić information content (AvgIpc) is 3.32. The second-order valence-electron chi connectivity index (χ2n) is 8.24. The van der Waals surface area contributed by atoms with E-state index in [9.17, 15) is 5.11 Å². The highest BCUT2D eigenvalue weighted by Gasteiger charge is 2.54. The molecule has 0 saturated carbocycles. The Morgan fingerprint density at radius 2 is 2.03 bits per heavy atom. The highest BCUT2D eigenvalue weighted by atomic mass is 19.3. The summed E-state index contributed by atoms with van der Waals surface area (Å²) in [5, 5.41) is 28.4. The van der Waals surface area contributed by atoms with Gasteiger partial charge in [0.05, 0.1) is 30.0 Å². The van der Waals surface area contributed by atoms with E-state index in [1.807, 2.05) is 6.07 Å². The summed E-state index contributed by atoms with van der Waals surface area (Å²) < 4.78 is 30.0. The van der Waals surface area contributed by atoms with Crippen LogP contribution in [0.1, 0.15) is 25.7 Å². The molecule has 3 N–H and O–H groups in total. The van der Waals surface area contributed by atoms with Crippen LogP contribution in [0.5, 0.6) is 5.75 Å². The summed E-state index contributed by atoms with van der Waals surface area (Å²) in [6.45, 7) is 0. The minimum atomic E-state index is -2.87. The quantitative estimate of drug-likeness (QED) is 0.588. The zero-order valence-corrected chi connectivity index (χ0v) is 17.0. The molecule has 2 aliphatic rings. The molecule has 3 atom stereocenters. The van der Waals surface area contributed by atoms with Crippen molar-refractivity contribution in [3.63, 3.8) is 0 Å². The maximum absolute atomic E-state index is 15.0. The Kier molecular flexibility index (Phi) is 4.81. The van der Waals surface area contributed by atoms with E-state index in [0.717, 1.165) is 24.0 Å². The summed E-state index contributed by atoms with van der Waals surface area (Å²) in [6, 6.07) is 3.43. The van der Waals surface area contributed by atoms with E-state index in [-0.39, 0.29) is 23.4 Å². The molecule has 2 aliphatic heterocycles. The van der Waals surface area contributed by atoms with Crippen molar-refractivity contribution in [3.8, 4) is 28.3 Å². The molecule has 2 fully saturated rings. The Labute approximate surface area is 177 Å². The molecular weight excluding hydrogens is 404 g/mol. The number of hydrogen-bond donors (Lipinski definition) is 3. The minimum Gasteiger partial charge on any atom is -0.507 e. The van der Waals surface area contributed by atoms with Crippen molar-refractivity contribution in [2.24, 2.45) is 0 Å². The lowest BCUT2D eigenvalue weighted by molar-refractivity contribution is -0.0989. The van der Waals surface area contributed by atoms with Gasteiger partial charge in [-0.3, -0.25) is 5.10 Å². The fourth-order valence-electron chi connectivity index (χ4n) is 4.61. The van der Waals surface area contributed by atoms with Gasteiger partial charge in [-0.2, -0.15) is 5.10 Å². The number of fused-ring (bicyclic) bond motifs is 2. The normalized spacial score (nSPS) is 24.7. The van der Waals surface area contributed by atoms with Gasteiger partial charge in [0.1, 0.15) is 5.75 Å². The van der Waals surface area contributed by atoms with E-state index in [1.165, 1.54) is 11.1 Å². The van der Waals surface area contributed by atoms with Crippen LogP contribution in [0.25, 0.3) is 22.5 Å². The van der Waals surface area contributed by atoms with Crippen LogP contribution in [-0.4, -0.2) is 61.6 Å². The molecule has 2 bridgehead atoms. The number of piperidine rings is 2. The third kappa shape index (κ3) is 3.50. The smallest absolute Gasteiger partial charge is 0.283 e. The number of benzene rings is 1. The third-order valence-electron chi connectivity index (χ3n) is 6.35. The van der Waals surface area contributed by atoms with Gasteiger partial charge in [0.2, 0.25) is 0 Å². The number of aromatic nitrogens is 5. The lowest BCUT2D eigenvalue weighted by Crippen LogP contribution is -2.67. The van der Waals surface area contributed by atoms with Crippen LogP contribution in [-0.2, 0) is 0 Å². The zero-order valence-electron chi connectivity index (χ0n) is 17.0. The largest absolute Gasteiger partial charge is 0.507 e. The first kappa shape index (κ1) is 19.8. The van der Waals surface area contributed by atoms with Gasteiger partial charge in [-0.15, -0.1) is 10.2 Å². The van der Waals surface area contributed by atoms with Crippen LogP contribution in [0, 0.1) is 0 Å². The fraction of sp³-hybridized carbons (Fsp3) is 0.429. The van der Waals surface area contributed by atoms with Crippen molar-refractivity contribution in [1.29, 1.82) is 0 Å². The Balaban J connectivity index is 1.37. The number of halogens is 2. The third-order valence-corrected chi connectivity index (χ3v) is 6.35. The number of hydrogen-bond acceptors (Lipinski definition) is 7. The Bertz CT molecular complexity index is 1060. The second kappa shape index (κ2) is 7.52. The van der Waals surface area contributed by atoms with Gasteiger partial charge in [-0.25, -0.2) is 13.8 Å². The number of rotatable bonds is 4. The van der Waals surface area contributed by atoms with Crippen molar-refractivity contribution < 1.29 is 13.9 Å². The summed E-state index contributed by atoms with van der Waals surface area (Å²) >= 11 is 0. The maximum atomic E-state index is 15.0. The summed E-state index contributed by atoms with van der Waals surface area (Å²) in [5.41, 5.74) is 2.04. The number of nitrogens with zero attached hydrogens (tertiary/aromatic N) is 5. The van der Waals surface area contributed by atoms with Crippen molar-refractivity contribution in [2.45, 2.75) is 49.7 Å². The standard InChI is InChI=1S/C21H23F2N7O/c1-30(18-8-14-3-2-4-17(27-14)21(18,22)23)19-11-24-20(29-28-19)15-6-5-12(7-16(15)31)13-9-25-26-10-13/h5-7,9-11,14,17-18,27,31H,2-4,8H2,1H3,(H,25,26)/t14-,17+,18+/m0/s1. The summed E-state index contributed by atoms with van der Waals surface area (Å²) in [6.07, 6.45) is 7.37. The minimum absolute atomic E-state index is 0.000631. The summed E-state index contributed by atoms with van der Waals surface area (Å²) in [5.74, 6) is -2.36. The first-order chi connectivity index (χ1) is 14.9. The molecule has 5 rings (SSSR count). The number of nitrogens with one attached hydrogen (secondary N) is 2. The molecule has 10 heteroatoms. The van der Waals surface area contributed by atoms with Crippen LogP contribution in [0.4, 0.5) is 14.6 Å². The monoisotopic (exact) mass is 427 g/mol. The highest BCUT2D eigenvalue weighted by Crippen LogP contribution is 2.40. The molecule has 0 amide bonds. The molecule has 4 heterocycles. The molecular formula is C21H23F2N7O. The molecule has 162 valence electrons. The van der Waals surface area contributed by atoms with Crippen molar-refractivity contribution in [3.05, 3.63) is 36.8 Å². The van der Waals surface area contributed by atoms with E-state index < -0.39 is 18.0 Å². The van der Waals surface area contributed by atoms with Gasteiger partial charge in [0, 0.05) is 24.8 Å². The van der Waals surface area contributed by atoms with Gasteiger partial charge in [0.15, 0.2) is 11.6 Å². The first-order valence-corrected chi connectivity index (χ1v) is 10.3. The van der Waals surface area contributed by atoms with Gasteiger partial charge >= 0.3 is 0 Å². The average molecular weight is 427 g/mol. The Morgan fingerprint density at radius 1 is 1.16 bits per heavy atom. The van der Waals surface area contributed by atoms with E-state index in [0.29, 0.717) is 18.4 Å². The van der Waals surface area contributed by atoms with Crippen LogP contribution >= 0.6 is 0 Å². The van der Waals surface area contributed by atoms with Crippen LogP contribution in [0.3, 0.4) is 0 Å². The van der Waals surface area contributed by atoms with Gasteiger partial charge in [-0.05, 0) is 37.0 Å². The molecule has 2 aromatic heterocycles. The first-order valence-electron chi connectivity index (χ1n) is 10.3. The lowest BCUT2D eigenvalue weighted by Gasteiger charge is -2.48. The number of H-pyrrole nitrogens is 1. The molecule has 3 aromatic rings. The van der Waals surface area contributed by atoms with E-state index in [4.69, 9.17) is 0 Å². The molecule has 0 spiro atoms. The fourth-order valence-corrected chi connectivity index (χ4v) is 4.61. The number of phenols is 1. The van der Waals surface area contributed by atoms with Crippen molar-refractivity contribution >= 4 is 5.82 Å². The van der Waals surface area contributed by atoms with Gasteiger partial charge in [-0.1, -0.05) is 12.5 Å². The van der Waals surface area contributed by atoms with Crippen LogP contribution in [0.2, 0.25) is 0 Å². The number of aromatic hydroxyl groups is 1. The zero-order chi connectivity index (χ0) is 21.6. The molecule has 2 saturated heterocycles. The van der Waals surface area contributed by atoms with Gasteiger partial charge < -0.3 is 15.3 Å². The molecule has 0 aliphatic carbocycles. The lowest BCUT2D eigenvalue weighted by atomic mass is 9.80. The molecule has 1 aromatic carbocycles. The number of phenolic OH excluding ortho intramolecular Hbond substituents is 1. The van der Waals surface area contributed by atoms with Crippen molar-refractivity contribution in [1.82, 2.24) is 30.7 Å². The molecule has 8 nitrogen and oxygen atoms in total. The Hall–Kier alpha value is -3.14. The number of anilines is 1. The molecule has 0 radical (unpaired) electrons. The SMILES string of the molecule is CN(c1cnc(-c2ccc(-c3cn[nH]c3)cc2O)nn1)[C@@H]1C[C@@H]2CCC[C@@H](N2)C1(F)F. The highest BCUT2D eigenvalue weighted by molar-refractivity contribution is 5.72. The van der Waals surface area contributed by atoms with Crippen LogP contribution in [0.15, 0.2) is 36.8 Å². The Morgan fingerprint density at radius 3 is 2.74 bits per heavy atom. The van der Waals surface area contributed by atoms with E-state index in [2.05, 4.69) is 30.7 Å². The topological polar surface area (TPSA) is 103 Å². The molecule has 31 heavy (non-hydrogen) atoms. The predicted molar refractivity (Wildman–Crippen MR) is 111 cm³/mol. The second-order valence-corrected chi connectivity index (χ2v) is 8.24. The summed E-state index contributed by atoms with van der Waals surface area (Å²) in [7, 11) is 1.61. The summed E-state index contributed by atoms with van der Waals surface area (Å²) in [4.78, 5) is 5.77. The predicted octanol–water partition coefficient (Wildman–Crippen LogP) is 2.99. The number of aromatic amines is 1.